The number of hydrogen-bond acceptors (Lipinski definition) is 4. The van der Waals surface area contributed by atoms with Gasteiger partial charge in [-0.2, -0.15) is 13.2 Å². The Kier molecular flexibility index (Phi) is 5.41. The number of alkyl halides is 3. The van der Waals surface area contributed by atoms with Crippen LogP contribution in [0.25, 0.3) is 0 Å². The molecule has 2 rings (SSSR count). The van der Waals surface area contributed by atoms with Crippen LogP contribution >= 0.6 is 23.2 Å². The molecule has 6 nitrogen and oxygen atoms in total. The monoisotopic (exact) mass is 400 g/mol. The normalized spacial score (nSPS) is 26.6. The van der Waals surface area contributed by atoms with E-state index in [1.807, 2.05) is 0 Å². The predicted octanol–water partition coefficient (Wildman–Crippen LogP) is 2.78. The molecule has 1 aromatic rings. The molecule has 1 fully saturated rings. The van der Waals surface area contributed by atoms with Crippen molar-refractivity contribution in [3.63, 3.8) is 0 Å². The van der Waals surface area contributed by atoms with Gasteiger partial charge in [0.1, 0.15) is 5.92 Å². The first-order valence-electron chi connectivity index (χ1n) is 7.00. The minimum absolute atomic E-state index is 0.00473. The molecule has 11 heteroatoms. The van der Waals surface area contributed by atoms with E-state index in [0.717, 1.165) is 0 Å². The molecule has 1 aromatic carbocycles. The van der Waals surface area contributed by atoms with E-state index in [1.165, 1.54) is 30.4 Å². The molecule has 0 aromatic heterocycles. The van der Waals surface area contributed by atoms with Crippen LogP contribution in [0.2, 0.25) is 10.0 Å². The molecule has 0 saturated carbocycles. The summed E-state index contributed by atoms with van der Waals surface area (Å²) in [7, 11) is 0. The number of carbonyl (C=O) groups excluding carboxylic acids is 2. The van der Waals surface area contributed by atoms with E-state index < -0.39 is 35.9 Å². The first-order valence-corrected chi connectivity index (χ1v) is 7.76. The van der Waals surface area contributed by atoms with Crippen LogP contribution < -0.4 is 10.6 Å². The smallest absolute Gasteiger partial charge is 0.437 e. The summed E-state index contributed by atoms with van der Waals surface area (Å²) in [6, 6.07) is 0.921. The van der Waals surface area contributed by atoms with Crippen molar-refractivity contribution < 1.29 is 32.6 Å². The van der Waals surface area contributed by atoms with Crippen LogP contribution in [-0.2, 0) is 9.53 Å². The van der Waals surface area contributed by atoms with E-state index >= 15 is 0 Å². The Bertz CT molecular complexity index is 701. The van der Waals surface area contributed by atoms with E-state index in [2.05, 4.69) is 10.1 Å². The van der Waals surface area contributed by atoms with E-state index in [4.69, 9.17) is 23.2 Å². The van der Waals surface area contributed by atoms with Gasteiger partial charge < -0.3 is 20.5 Å². The highest BCUT2D eigenvalue weighted by Crippen LogP contribution is 2.43. The molecule has 1 heterocycles. The standard InChI is InChI=1S/C14H13Cl2F3N2O4/c1-2-25-11(22)9-10(6-3-4-7(15)8(16)5-6)20-12(23)21-13(9,24)14(17,18)19/h3-5,9-10,24H,2H2,1H3,(H2,20,21,23)/t9-,10+,13-/m0/s1. The van der Waals surface area contributed by atoms with Gasteiger partial charge in [-0.1, -0.05) is 29.3 Å². The van der Waals surface area contributed by atoms with Crippen molar-refractivity contribution in [2.45, 2.75) is 24.9 Å². The fourth-order valence-corrected chi connectivity index (χ4v) is 2.83. The van der Waals surface area contributed by atoms with Gasteiger partial charge in [0, 0.05) is 0 Å². The molecule has 3 atom stereocenters. The predicted molar refractivity (Wildman–Crippen MR) is 82.0 cm³/mol. The SMILES string of the molecule is CCOC(=O)[C@@H]1[C@@H](c2ccc(Cl)c(Cl)c2)NC(=O)N[C@@]1(O)C(F)(F)F. The Hall–Kier alpha value is -1.71. The average molecular weight is 401 g/mol. The number of ether oxygens (including phenoxy) is 1. The molecule has 2 amide bonds. The van der Waals surface area contributed by atoms with E-state index in [1.54, 1.807) is 0 Å². The van der Waals surface area contributed by atoms with Crippen molar-refractivity contribution in [1.82, 2.24) is 10.6 Å². The maximum Gasteiger partial charge on any atom is 0.437 e. The van der Waals surface area contributed by atoms with Gasteiger partial charge in [0.25, 0.3) is 5.72 Å². The van der Waals surface area contributed by atoms with Crippen LogP contribution in [0.5, 0.6) is 0 Å². The Morgan fingerprint density at radius 3 is 2.52 bits per heavy atom. The van der Waals surface area contributed by atoms with E-state index in [0.29, 0.717) is 0 Å². The number of urea groups is 1. The van der Waals surface area contributed by atoms with Gasteiger partial charge in [-0.05, 0) is 24.6 Å². The van der Waals surface area contributed by atoms with Gasteiger partial charge in [-0.3, -0.25) is 4.79 Å². The maximum absolute atomic E-state index is 13.4. The molecule has 0 bridgehead atoms. The maximum atomic E-state index is 13.4. The number of nitrogens with one attached hydrogen (secondary N) is 2. The van der Waals surface area contributed by atoms with Crippen LogP contribution in [0.15, 0.2) is 18.2 Å². The highest BCUT2D eigenvalue weighted by Gasteiger charge is 2.67. The fraction of sp³-hybridized carbons (Fsp3) is 0.429. The number of rotatable bonds is 3. The fourth-order valence-electron chi connectivity index (χ4n) is 2.52. The minimum atomic E-state index is -5.34. The van der Waals surface area contributed by atoms with Crippen LogP contribution in [0, 0.1) is 5.92 Å². The summed E-state index contributed by atoms with van der Waals surface area (Å²) in [6.07, 6.45) is -5.34. The number of halogens is 5. The zero-order valence-corrected chi connectivity index (χ0v) is 14.2. The topological polar surface area (TPSA) is 87.7 Å². The quantitative estimate of drug-likeness (QED) is 0.680. The van der Waals surface area contributed by atoms with Crippen LogP contribution in [0.3, 0.4) is 0 Å². The largest absolute Gasteiger partial charge is 0.466 e. The Morgan fingerprint density at radius 1 is 1.36 bits per heavy atom. The Morgan fingerprint density at radius 2 is 2.00 bits per heavy atom. The highest BCUT2D eigenvalue weighted by atomic mass is 35.5. The summed E-state index contributed by atoms with van der Waals surface area (Å²) in [5, 5.41) is 13.8. The lowest BCUT2D eigenvalue weighted by atomic mass is 9.82. The molecule has 138 valence electrons. The molecule has 25 heavy (non-hydrogen) atoms. The molecule has 0 radical (unpaired) electrons. The molecular formula is C14H13Cl2F3N2O4. The van der Waals surface area contributed by atoms with Crippen LogP contribution in [0.1, 0.15) is 18.5 Å². The molecule has 1 saturated heterocycles. The van der Waals surface area contributed by atoms with Crippen molar-refractivity contribution in [3.05, 3.63) is 33.8 Å². The molecule has 0 spiro atoms. The lowest BCUT2D eigenvalue weighted by molar-refractivity contribution is -0.294. The summed E-state index contributed by atoms with van der Waals surface area (Å²) < 4.78 is 45.0. The van der Waals surface area contributed by atoms with Crippen molar-refractivity contribution >= 4 is 35.2 Å². The van der Waals surface area contributed by atoms with Gasteiger partial charge in [0.2, 0.25) is 0 Å². The first kappa shape index (κ1) is 19.6. The summed E-state index contributed by atoms with van der Waals surface area (Å²) in [5.74, 6) is -3.55. The second-order valence-corrected chi connectivity index (χ2v) is 6.06. The summed E-state index contributed by atoms with van der Waals surface area (Å²) in [6.45, 7) is 1.18. The average Bonchev–Trinajstić information content (AvgIpc) is 2.48. The minimum Gasteiger partial charge on any atom is -0.466 e. The van der Waals surface area contributed by atoms with Crippen molar-refractivity contribution in [3.8, 4) is 0 Å². The molecule has 3 N–H and O–H groups in total. The lowest BCUT2D eigenvalue weighted by Crippen LogP contribution is -2.73. The second kappa shape index (κ2) is 6.89. The summed E-state index contributed by atoms with van der Waals surface area (Å²) in [4.78, 5) is 23.9. The van der Waals surface area contributed by atoms with Crippen molar-refractivity contribution in [2.24, 2.45) is 5.92 Å². The number of benzene rings is 1. The van der Waals surface area contributed by atoms with E-state index in [-0.39, 0.29) is 22.2 Å². The first-order chi connectivity index (χ1) is 11.5. The number of carbonyl (C=O) groups is 2. The number of amides is 2. The number of hydrogen-bond donors (Lipinski definition) is 3. The Labute approximate surface area is 150 Å². The molecule has 0 aliphatic carbocycles. The van der Waals surface area contributed by atoms with Crippen molar-refractivity contribution in [2.75, 3.05) is 6.61 Å². The summed E-state index contributed by atoms with van der Waals surface area (Å²) in [5.41, 5.74) is -3.77. The zero-order chi connectivity index (χ0) is 19.0. The van der Waals surface area contributed by atoms with Gasteiger partial charge >= 0.3 is 18.2 Å². The third-order valence-electron chi connectivity index (χ3n) is 3.65. The molecule has 1 aliphatic heterocycles. The number of aliphatic hydroxyl groups is 1. The van der Waals surface area contributed by atoms with Gasteiger partial charge in [0.15, 0.2) is 0 Å². The van der Waals surface area contributed by atoms with E-state index in [9.17, 15) is 27.9 Å². The third kappa shape index (κ3) is 3.63. The lowest BCUT2D eigenvalue weighted by Gasteiger charge is -2.44. The molecule has 1 aliphatic rings. The van der Waals surface area contributed by atoms with Gasteiger partial charge in [-0.25, -0.2) is 4.79 Å². The second-order valence-electron chi connectivity index (χ2n) is 5.24. The zero-order valence-electron chi connectivity index (χ0n) is 12.7. The number of esters is 1. The summed E-state index contributed by atoms with van der Waals surface area (Å²) >= 11 is 11.6. The van der Waals surface area contributed by atoms with Crippen LogP contribution in [0.4, 0.5) is 18.0 Å². The highest BCUT2D eigenvalue weighted by molar-refractivity contribution is 6.42. The molecular weight excluding hydrogens is 388 g/mol. The van der Waals surface area contributed by atoms with Gasteiger partial charge in [0.05, 0.1) is 22.7 Å². The van der Waals surface area contributed by atoms with Gasteiger partial charge in [-0.15, -0.1) is 0 Å². The van der Waals surface area contributed by atoms with Crippen molar-refractivity contribution in [1.29, 1.82) is 0 Å². The van der Waals surface area contributed by atoms with Crippen LogP contribution in [-0.4, -0.2) is 35.6 Å². The Balaban J connectivity index is 2.59. The molecule has 0 unspecified atom stereocenters. The third-order valence-corrected chi connectivity index (χ3v) is 4.39.